The van der Waals surface area contributed by atoms with Gasteiger partial charge in [0.1, 0.15) is 0 Å². The van der Waals surface area contributed by atoms with E-state index in [1.165, 1.54) is 0 Å². The summed E-state index contributed by atoms with van der Waals surface area (Å²) >= 11 is 1.81. The van der Waals surface area contributed by atoms with Crippen LogP contribution in [0.3, 0.4) is 0 Å². The van der Waals surface area contributed by atoms with E-state index in [1.807, 2.05) is 51.9 Å². The fourth-order valence-corrected chi connectivity index (χ4v) is 4.09. The van der Waals surface area contributed by atoms with Gasteiger partial charge in [-0.3, -0.25) is 9.59 Å². The van der Waals surface area contributed by atoms with Crippen LogP contribution in [0.5, 0.6) is 0 Å². The molecule has 1 unspecified atom stereocenters. The normalized spacial score (nSPS) is 21.9. The monoisotopic (exact) mass is 318 g/mol. The van der Waals surface area contributed by atoms with Gasteiger partial charge in [-0.15, -0.1) is 11.8 Å². The minimum atomic E-state index is -0.00725. The fourth-order valence-electron chi connectivity index (χ4n) is 3.13. The zero-order valence-corrected chi connectivity index (χ0v) is 13.6. The van der Waals surface area contributed by atoms with Gasteiger partial charge < -0.3 is 9.80 Å². The SMILES string of the molecule is O=C(Cc1ccccc1)N1CCCC(C(=O)N2CCSC2)C1. The molecule has 0 N–H and O–H groups in total. The zero-order chi connectivity index (χ0) is 15.4. The van der Waals surface area contributed by atoms with Crippen LogP contribution in [0.1, 0.15) is 18.4 Å². The van der Waals surface area contributed by atoms with E-state index in [-0.39, 0.29) is 17.7 Å². The van der Waals surface area contributed by atoms with Gasteiger partial charge in [0.25, 0.3) is 0 Å². The van der Waals surface area contributed by atoms with Crippen LogP contribution in [0.4, 0.5) is 0 Å². The van der Waals surface area contributed by atoms with Crippen LogP contribution in [0.2, 0.25) is 0 Å². The van der Waals surface area contributed by atoms with E-state index in [9.17, 15) is 9.59 Å². The molecular formula is C17H22N2O2S. The molecule has 1 aromatic rings. The third-order valence-electron chi connectivity index (χ3n) is 4.39. The molecule has 2 aliphatic rings. The van der Waals surface area contributed by atoms with Crippen molar-refractivity contribution in [1.29, 1.82) is 0 Å². The lowest BCUT2D eigenvalue weighted by Crippen LogP contribution is -2.46. The third kappa shape index (κ3) is 3.64. The molecule has 2 fully saturated rings. The van der Waals surface area contributed by atoms with Crippen molar-refractivity contribution in [2.45, 2.75) is 19.3 Å². The van der Waals surface area contributed by atoms with E-state index >= 15 is 0 Å². The maximum absolute atomic E-state index is 12.5. The molecule has 1 atom stereocenters. The van der Waals surface area contributed by atoms with Gasteiger partial charge in [-0.2, -0.15) is 0 Å². The van der Waals surface area contributed by atoms with Crippen molar-refractivity contribution in [3.05, 3.63) is 35.9 Å². The highest BCUT2D eigenvalue weighted by atomic mass is 32.2. The maximum atomic E-state index is 12.5. The largest absolute Gasteiger partial charge is 0.342 e. The minimum Gasteiger partial charge on any atom is -0.342 e. The first-order chi connectivity index (χ1) is 10.7. The molecule has 0 aliphatic carbocycles. The fraction of sp³-hybridized carbons (Fsp3) is 0.529. The third-order valence-corrected chi connectivity index (χ3v) is 5.35. The number of rotatable bonds is 3. The number of hydrogen-bond acceptors (Lipinski definition) is 3. The van der Waals surface area contributed by atoms with Gasteiger partial charge in [0.05, 0.1) is 18.2 Å². The van der Waals surface area contributed by atoms with Crippen molar-refractivity contribution in [3.63, 3.8) is 0 Å². The highest BCUT2D eigenvalue weighted by Gasteiger charge is 2.32. The van der Waals surface area contributed by atoms with Crippen LogP contribution < -0.4 is 0 Å². The van der Waals surface area contributed by atoms with Crippen LogP contribution in [-0.2, 0) is 16.0 Å². The van der Waals surface area contributed by atoms with Gasteiger partial charge in [-0.1, -0.05) is 30.3 Å². The smallest absolute Gasteiger partial charge is 0.228 e. The number of thioether (sulfide) groups is 1. The topological polar surface area (TPSA) is 40.6 Å². The minimum absolute atomic E-state index is 0.00725. The van der Waals surface area contributed by atoms with Gasteiger partial charge >= 0.3 is 0 Å². The Hall–Kier alpha value is -1.49. The summed E-state index contributed by atoms with van der Waals surface area (Å²) in [4.78, 5) is 28.8. The first-order valence-electron chi connectivity index (χ1n) is 7.92. The van der Waals surface area contributed by atoms with Crippen LogP contribution in [0, 0.1) is 5.92 Å². The van der Waals surface area contributed by atoms with Crippen molar-refractivity contribution in [2.24, 2.45) is 5.92 Å². The molecular weight excluding hydrogens is 296 g/mol. The molecule has 0 radical (unpaired) electrons. The molecule has 0 bridgehead atoms. The predicted octanol–water partition coefficient (Wildman–Crippen LogP) is 2.00. The first-order valence-corrected chi connectivity index (χ1v) is 9.08. The first kappa shape index (κ1) is 15.4. The zero-order valence-electron chi connectivity index (χ0n) is 12.7. The quantitative estimate of drug-likeness (QED) is 0.856. The van der Waals surface area contributed by atoms with Crippen LogP contribution in [0.15, 0.2) is 30.3 Å². The molecule has 2 heterocycles. The van der Waals surface area contributed by atoms with Crippen molar-refractivity contribution in [2.75, 3.05) is 31.3 Å². The lowest BCUT2D eigenvalue weighted by atomic mass is 9.96. The number of likely N-dealkylation sites (tertiary alicyclic amines) is 1. The van der Waals surface area contributed by atoms with E-state index in [0.717, 1.165) is 43.1 Å². The van der Waals surface area contributed by atoms with E-state index < -0.39 is 0 Å². The summed E-state index contributed by atoms with van der Waals surface area (Å²) in [6.45, 7) is 2.23. The number of carbonyl (C=O) groups is 2. The molecule has 1 aromatic carbocycles. The van der Waals surface area contributed by atoms with Crippen LogP contribution >= 0.6 is 11.8 Å². The Labute approximate surface area is 135 Å². The molecule has 118 valence electrons. The van der Waals surface area contributed by atoms with E-state index in [1.54, 1.807) is 0 Å². The summed E-state index contributed by atoms with van der Waals surface area (Å²) < 4.78 is 0. The second kappa shape index (κ2) is 7.18. The second-order valence-corrected chi connectivity index (χ2v) is 7.06. The van der Waals surface area contributed by atoms with Gasteiger partial charge in [0, 0.05) is 25.4 Å². The standard InChI is InChI=1S/C17H22N2O2S/c20-16(11-14-5-2-1-3-6-14)18-8-4-7-15(12-18)17(21)19-9-10-22-13-19/h1-3,5-6,15H,4,7-13H2. The number of amides is 2. The molecule has 2 aliphatic heterocycles. The Balaban J connectivity index is 1.57. The molecule has 5 heteroatoms. The maximum Gasteiger partial charge on any atom is 0.228 e. The predicted molar refractivity (Wildman–Crippen MR) is 88.5 cm³/mol. The van der Waals surface area contributed by atoms with Crippen molar-refractivity contribution < 1.29 is 9.59 Å². The Morgan fingerprint density at radius 1 is 1.14 bits per heavy atom. The summed E-state index contributed by atoms with van der Waals surface area (Å²) in [7, 11) is 0. The van der Waals surface area contributed by atoms with Gasteiger partial charge in [0.2, 0.25) is 11.8 Å². The summed E-state index contributed by atoms with van der Waals surface area (Å²) in [5.74, 6) is 2.22. The number of hydrogen-bond donors (Lipinski definition) is 0. The summed E-state index contributed by atoms with van der Waals surface area (Å²) in [5.41, 5.74) is 1.04. The number of benzene rings is 1. The Morgan fingerprint density at radius 3 is 2.68 bits per heavy atom. The average molecular weight is 318 g/mol. The van der Waals surface area contributed by atoms with Crippen LogP contribution in [0.25, 0.3) is 0 Å². The highest BCUT2D eigenvalue weighted by molar-refractivity contribution is 7.99. The molecule has 4 nitrogen and oxygen atoms in total. The summed E-state index contributed by atoms with van der Waals surface area (Å²) in [6.07, 6.45) is 2.27. The highest BCUT2D eigenvalue weighted by Crippen LogP contribution is 2.23. The number of carbonyl (C=O) groups excluding carboxylic acids is 2. The Morgan fingerprint density at radius 2 is 1.95 bits per heavy atom. The van der Waals surface area contributed by atoms with Crippen LogP contribution in [-0.4, -0.2) is 52.9 Å². The van der Waals surface area contributed by atoms with Crippen molar-refractivity contribution in [1.82, 2.24) is 9.80 Å². The Bertz CT molecular complexity index is 529. The summed E-state index contributed by atoms with van der Waals surface area (Å²) in [6, 6.07) is 9.82. The van der Waals surface area contributed by atoms with Gasteiger partial charge in [0.15, 0.2) is 0 Å². The number of piperidine rings is 1. The molecule has 0 saturated carbocycles. The molecule has 2 amide bonds. The molecule has 3 rings (SSSR count). The summed E-state index contributed by atoms with van der Waals surface area (Å²) in [5, 5.41) is 0. The molecule has 22 heavy (non-hydrogen) atoms. The van der Waals surface area contributed by atoms with E-state index in [0.29, 0.717) is 13.0 Å². The van der Waals surface area contributed by atoms with Gasteiger partial charge in [-0.05, 0) is 18.4 Å². The average Bonchev–Trinajstić information content (AvgIpc) is 3.09. The molecule has 2 saturated heterocycles. The lowest BCUT2D eigenvalue weighted by Gasteiger charge is -2.33. The Kier molecular flexibility index (Phi) is 5.03. The lowest BCUT2D eigenvalue weighted by molar-refractivity contribution is -0.139. The number of nitrogens with zero attached hydrogens (tertiary/aromatic N) is 2. The molecule has 0 spiro atoms. The van der Waals surface area contributed by atoms with Gasteiger partial charge in [-0.25, -0.2) is 0 Å². The van der Waals surface area contributed by atoms with Crippen molar-refractivity contribution in [3.8, 4) is 0 Å². The van der Waals surface area contributed by atoms with E-state index in [4.69, 9.17) is 0 Å². The molecule has 0 aromatic heterocycles. The van der Waals surface area contributed by atoms with E-state index in [2.05, 4.69) is 0 Å². The second-order valence-electron chi connectivity index (χ2n) is 5.98. The van der Waals surface area contributed by atoms with Crippen molar-refractivity contribution >= 4 is 23.6 Å².